The number of aryl methyl sites for hydroxylation is 1. The van der Waals surface area contributed by atoms with Gasteiger partial charge >= 0.3 is 6.18 Å². The molecule has 2 aromatic heterocycles. The summed E-state index contributed by atoms with van der Waals surface area (Å²) in [5, 5.41) is 8.06. The molecule has 1 aliphatic carbocycles. The molecule has 1 aromatic carbocycles. The van der Waals surface area contributed by atoms with Crippen molar-refractivity contribution in [2.45, 2.75) is 36.4 Å². The first-order valence-corrected chi connectivity index (χ1v) is 9.20. The zero-order valence-electron chi connectivity index (χ0n) is 13.4. The van der Waals surface area contributed by atoms with E-state index in [9.17, 15) is 13.2 Å². The number of benzene rings is 1. The number of aromatic nitrogens is 3. The molecular weight excluding hydrogens is 385 g/mol. The van der Waals surface area contributed by atoms with Crippen molar-refractivity contribution in [1.29, 1.82) is 0 Å². The summed E-state index contributed by atoms with van der Waals surface area (Å²) in [6.45, 7) is 0. The minimum absolute atomic E-state index is 0.0929. The Labute approximate surface area is 156 Å². The van der Waals surface area contributed by atoms with E-state index < -0.39 is 11.7 Å². The van der Waals surface area contributed by atoms with Gasteiger partial charge < -0.3 is 0 Å². The fourth-order valence-electron chi connectivity index (χ4n) is 3.16. The molecule has 4 nitrogen and oxygen atoms in total. The predicted octanol–water partition coefficient (Wildman–Crippen LogP) is 4.78. The van der Waals surface area contributed by atoms with Crippen LogP contribution in [0.2, 0.25) is 5.02 Å². The Bertz CT molecular complexity index is 957. The first-order chi connectivity index (χ1) is 12.4. The molecule has 9 heteroatoms. The number of aromatic amines is 1. The molecule has 0 saturated heterocycles. The summed E-state index contributed by atoms with van der Waals surface area (Å²) in [7, 11) is 0. The Morgan fingerprint density at radius 2 is 2.12 bits per heavy atom. The van der Waals surface area contributed by atoms with E-state index in [0.717, 1.165) is 42.4 Å². The number of hydrogen-bond acceptors (Lipinski definition) is 4. The van der Waals surface area contributed by atoms with Crippen LogP contribution in [0.5, 0.6) is 0 Å². The van der Waals surface area contributed by atoms with Crippen LogP contribution in [0.4, 0.5) is 13.2 Å². The maximum absolute atomic E-state index is 12.7. The van der Waals surface area contributed by atoms with Gasteiger partial charge in [0.05, 0.1) is 16.8 Å². The zero-order valence-corrected chi connectivity index (χ0v) is 15.0. The van der Waals surface area contributed by atoms with E-state index >= 15 is 0 Å². The lowest BCUT2D eigenvalue weighted by Gasteiger charge is -2.25. The first kappa shape index (κ1) is 17.6. The summed E-state index contributed by atoms with van der Waals surface area (Å²) in [5.41, 5.74) is 2.48. The monoisotopic (exact) mass is 398 g/mol. The second kappa shape index (κ2) is 6.75. The van der Waals surface area contributed by atoms with Crippen LogP contribution in [0.3, 0.4) is 0 Å². The van der Waals surface area contributed by atoms with Crippen molar-refractivity contribution in [3.8, 4) is 0 Å². The van der Waals surface area contributed by atoms with Gasteiger partial charge in [0.1, 0.15) is 0 Å². The van der Waals surface area contributed by atoms with Crippen LogP contribution in [0.1, 0.15) is 23.1 Å². The molecule has 0 spiro atoms. The van der Waals surface area contributed by atoms with Gasteiger partial charge in [-0.05, 0) is 60.5 Å². The number of hydrogen-bond donors (Lipinski definition) is 2. The van der Waals surface area contributed by atoms with Gasteiger partial charge in [0, 0.05) is 22.5 Å². The molecule has 0 saturated carbocycles. The van der Waals surface area contributed by atoms with Crippen molar-refractivity contribution in [3.05, 3.63) is 52.3 Å². The molecule has 1 unspecified atom stereocenters. The van der Waals surface area contributed by atoms with Crippen molar-refractivity contribution in [1.82, 2.24) is 19.9 Å². The van der Waals surface area contributed by atoms with Crippen molar-refractivity contribution in [2.75, 3.05) is 0 Å². The van der Waals surface area contributed by atoms with Crippen LogP contribution in [0, 0.1) is 0 Å². The minimum atomic E-state index is -4.39. The maximum Gasteiger partial charge on any atom is 0.416 e. The van der Waals surface area contributed by atoms with Gasteiger partial charge in [-0.2, -0.15) is 18.3 Å². The molecule has 0 bridgehead atoms. The summed E-state index contributed by atoms with van der Waals surface area (Å²) in [6, 6.07) is 3.60. The lowest BCUT2D eigenvalue weighted by molar-refractivity contribution is -0.137. The van der Waals surface area contributed by atoms with Crippen molar-refractivity contribution in [3.63, 3.8) is 0 Å². The predicted molar refractivity (Wildman–Crippen MR) is 95.1 cm³/mol. The number of nitrogens with zero attached hydrogens (tertiary/aromatic N) is 2. The van der Waals surface area contributed by atoms with Crippen LogP contribution < -0.4 is 4.72 Å². The van der Waals surface area contributed by atoms with Crippen LogP contribution in [0.25, 0.3) is 11.0 Å². The van der Waals surface area contributed by atoms with Crippen molar-refractivity contribution >= 4 is 34.6 Å². The van der Waals surface area contributed by atoms with Crippen molar-refractivity contribution < 1.29 is 13.2 Å². The molecular formula is C17H14ClF3N4S. The molecule has 0 amide bonds. The van der Waals surface area contributed by atoms with E-state index in [4.69, 9.17) is 11.6 Å². The molecule has 2 heterocycles. The van der Waals surface area contributed by atoms with Gasteiger partial charge in [-0.1, -0.05) is 11.6 Å². The highest BCUT2D eigenvalue weighted by Crippen LogP contribution is 2.35. The lowest BCUT2D eigenvalue weighted by atomic mass is 9.88. The van der Waals surface area contributed by atoms with Crippen LogP contribution in [-0.4, -0.2) is 21.2 Å². The number of pyridine rings is 1. The number of halogens is 4. The quantitative estimate of drug-likeness (QED) is 0.623. The van der Waals surface area contributed by atoms with Crippen LogP contribution >= 0.6 is 23.5 Å². The molecule has 0 aliphatic heterocycles. The fraction of sp³-hybridized carbons (Fsp3) is 0.294. The molecule has 0 fully saturated rings. The Morgan fingerprint density at radius 1 is 1.27 bits per heavy atom. The smallest absolute Gasteiger partial charge is 0.261 e. The van der Waals surface area contributed by atoms with Gasteiger partial charge in [0.15, 0.2) is 5.65 Å². The van der Waals surface area contributed by atoms with E-state index in [1.54, 1.807) is 6.20 Å². The Balaban J connectivity index is 1.45. The third kappa shape index (κ3) is 3.41. The number of nitrogens with one attached hydrogen (secondary N) is 2. The highest BCUT2D eigenvalue weighted by molar-refractivity contribution is 7.97. The van der Waals surface area contributed by atoms with E-state index in [1.807, 2.05) is 6.20 Å². The summed E-state index contributed by atoms with van der Waals surface area (Å²) in [6.07, 6.45) is 1.88. The Morgan fingerprint density at radius 3 is 2.88 bits per heavy atom. The van der Waals surface area contributed by atoms with Crippen LogP contribution in [-0.2, 0) is 19.0 Å². The normalized spacial score (nSPS) is 17.5. The van der Waals surface area contributed by atoms with Gasteiger partial charge in [-0.25, -0.2) is 4.98 Å². The third-order valence-corrected chi connectivity index (χ3v) is 5.94. The molecule has 0 radical (unpaired) electrons. The number of H-pyrrole nitrogens is 1. The summed E-state index contributed by atoms with van der Waals surface area (Å²) in [4.78, 5) is 4.95. The van der Waals surface area contributed by atoms with E-state index in [1.165, 1.54) is 29.1 Å². The molecule has 4 rings (SSSR count). The Kier molecular flexibility index (Phi) is 4.58. The van der Waals surface area contributed by atoms with E-state index in [-0.39, 0.29) is 11.1 Å². The van der Waals surface area contributed by atoms with Crippen LogP contribution in [0.15, 0.2) is 35.5 Å². The minimum Gasteiger partial charge on any atom is -0.261 e. The summed E-state index contributed by atoms with van der Waals surface area (Å²) >= 11 is 7.27. The first-order valence-electron chi connectivity index (χ1n) is 8.01. The third-order valence-electron chi connectivity index (χ3n) is 4.49. The zero-order chi connectivity index (χ0) is 18.3. The second-order valence-corrected chi connectivity index (χ2v) is 7.48. The molecule has 1 atom stereocenters. The molecule has 136 valence electrons. The maximum atomic E-state index is 12.7. The van der Waals surface area contributed by atoms with E-state index in [2.05, 4.69) is 19.9 Å². The average Bonchev–Trinajstić information content (AvgIpc) is 3.08. The van der Waals surface area contributed by atoms with Gasteiger partial charge in [-0.15, -0.1) is 0 Å². The number of alkyl halides is 3. The van der Waals surface area contributed by atoms with Gasteiger partial charge in [-0.3, -0.25) is 9.82 Å². The highest BCUT2D eigenvalue weighted by Gasteiger charge is 2.31. The Hall–Kier alpha value is -1.77. The lowest BCUT2D eigenvalue weighted by Crippen LogP contribution is -2.30. The fourth-order valence-corrected chi connectivity index (χ4v) is 4.24. The molecule has 26 heavy (non-hydrogen) atoms. The molecule has 2 N–H and O–H groups in total. The summed E-state index contributed by atoms with van der Waals surface area (Å²) < 4.78 is 41.5. The van der Waals surface area contributed by atoms with Gasteiger partial charge in [0.2, 0.25) is 0 Å². The highest BCUT2D eigenvalue weighted by atomic mass is 35.5. The van der Waals surface area contributed by atoms with Crippen molar-refractivity contribution in [2.24, 2.45) is 0 Å². The largest absolute Gasteiger partial charge is 0.416 e. The second-order valence-electron chi connectivity index (χ2n) is 6.20. The average molecular weight is 399 g/mol. The van der Waals surface area contributed by atoms with Gasteiger partial charge in [0.25, 0.3) is 0 Å². The number of fused-ring (bicyclic) bond motifs is 3. The topological polar surface area (TPSA) is 53.6 Å². The SMILES string of the molecule is FC(F)(F)c1ccc(SNC2CCc3c(cnc4[nH]ncc34)C2)c(Cl)c1. The van der Waals surface area contributed by atoms with E-state index in [0.29, 0.717) is 4.90 Å². The molecule has 1 aliphatic rings. The molecule has 3 aromatic rings. The number of rotatable bonds is 3. The standard InChI is InChI=1S/C17H14ClF3N4S/c18-14-6-10(17(19,20)21)1-4-15(14)26-25-11-2-3-12-9(5-11)7-22-16-13(12)8-23-24-16/h1,4,6-8,11,25H,2-3,5H2,(H,22,23,24). The summed E-state index contributed by atoms with van der Waals surface area (Å²) in [5.74, 6) is 0.